The summed E-state index contributed by atoms with van der Waals surface area (Å²) >= 11 is 0. The molecule has 1 N–H and O–H groups in total. The van der Waals surface area contributed by atoms with Crippen LogP contribution < -0.4 is 5.43 Å². The van der Waals surface area contributed by atoms with Gasteiger partial charge in [0.1, 0.15) is 5.82 Å². The maximum Gasteiger partial charge on any atom is 0.240 e. The van der Waals surface area contributed by atoms with E-state index in [4.69, 9.17) is 0 Å². The van der Waals surface area contributed by atoms with E-state index in [9.17, 15) is 9.18 Å². The Labute approximate surface area is 107 Å². The molecule has 0 unspecified atom stereocenters. The molecule has 1 aromatic rings. The molecule has 0 saturated heterocycles. The van der Waals surface area contributed by atoms with Crippen LogP contribution in [-0.4, -0.2) is 11.6 Å². The van der Waals surface area contributed by atoms with Crippen LogP contribution in [-0.2, 0) is 4.79 Å². The Morgan fingerprint density at radius 2 is 1.94 bits per heavy atom. The monoisotopic (exact) mass is 250 g/mol. The van der Waals surface area contributed by atoms with Gasteiger partial charge in [-0.25, -0.2) is 9.82 Å². The van der Waals surface area contributed by atoms with Gasteiger partial charge < -0.3 is 0 Å². The van der Waals surface area contributed by atoms with E-state index >= 15 is 0 Å². The second-order valence-electron chi connectivity index (χ2n) is 4.20. The lowest BCUT2D eigenvalue weighted by atomic mass is 10.1. The van der Waals surface area contributed by atoms with Crippen LogP contribution in [0.2, 0.25) is 0 Å². The van der Waals surface area contributed by atoms with Crippen molar-refractivity contribution in [1.82, 2.24) is 5.43 Å². The minimum absolute atomic E-state index is 0.0788. The molecule has 4 heteroatoms. The van der Waals surface area contributed by atoms with E-state index < -0.39 is 0 Å². The van der Waals surface area contributed by atoms with Gasteiger partial charge in [0.25, 0.3) is 0 Å². The predicted molar refractivity (Wildman–Crippen MR) is 70.9 cm³/mol. The van der Waals surface area contributed by atoms with Crippen molar-refractivity contribution in [2.75, 3.05) is 0 Å². The molecule has 0 bridgehead atoms. The lowest BCUT2D eigenvalue weighted by Crippen LogP contribution is -2.18. The molecule has 3 nitrogen and oxygen atoms in total. The highest BCUT2D eigenvalue weighted by molar-refractivity contribution is 5.99. The molecule has 0 aromatic heterocycles. The Morgan fingerprint density at radius 3 is 2.56 bits per heavy atom. The SMILES string of the molecule is CCCCCC(=O)N/N=C(\C)c1ccc(F)cc1. The fraction of sp³-hybridized carbons (Fsp3) is 0.429. The molecule has 1 rings (SSSR count). The average molecular weight is 250 g/mol. The Hall–Kier alpha value is -1.71. The van der Waals surface area contributed by atoms with E-state index in [1.54, 1.807) is 19.1 Å². The van der Waals surface area contributed by atoms with Gasteiger partial charge in [-0.2, -0.15) is 5.10 Å². The number of rotatable bonds is 6. The lowest BCUT2D eigenvalue weighted by molar-refractivity contribution is -0.121. The number of hydrogen-bond acceptors (Lipinski definition) is 2. The molecule has 0 saturated carbocycles. The molecule has 98 valence electrons. The predicted octanol–water partition coefficient (Wildman–Crippen LogP) is 3.25. The van der Waals surface area contributed by atoms with Crippen molar-refractivity contribution in [1.29, 1.82) is 0 Å². The largest absolute Gasteiger partial charge is 0.273 e. The molecule has 0 aliphatic carbocycles. The maximum atomic E-state index is 12.7. The second kappa shape index (κ2) is 7.58. The lowest BCUT2D eigenvalue weighted by Gasteiger charge is -2.02. The highest BCUT2D eigenvalue weighted by atomic mass is 19.1. The normalized spacial score (nSPS) is 11.4. The minimum Gasteiger partial charge on any atom is -0.273 e. The molecule has 0 aliphatic heterocycles. The first-order chi connectivity index (χ1) is 8.63. The van der Waals surface area contributed by atoms with Crippen molar-refractivity contribution in [3.63, 3.8) is 0 Å². The van der Waals surface area contributed by atoms with Gasteiger partial charge in [0.15, 0.2) is 0 Å². The van der Waals surface area contributed by atoms with Gasteiger partial charge in [0, 0.05) is 6.42 Å². The van der Waals surface area contributed by atoms with Gasteiger partial charge >= 0.3 is 0 Å². The first-order valence-corrected chi connectivity index (χ1v) is 6.22. The van der Waals surface area contributed by atoms with Crippen LogP contribution in [0.4, 0.5) is 4.39 Å². The summed E-state index contributed by atoms with van der Waals surface area (Å²) in [6.45, 7) is 3.87. The Kier molecular flexibility index (Phi) is 6.05. The van der Waals surface area contributed by atoms with Crippen LogP contribution in [0.3, 0.4) is 0 Å². The fourth-order valence-corrected chi connectivity index (χ4v) is 1.49. The first kappa shape index (κ1) is 14.4. The van der Waals surface area contributed by atoms with Gasteiger partial charge in [-0.05, 0) is 31.0 Å². The zero-order chi connectivity index (χ0) is 13.4. The van der Waals surface area contributed by atoms with Gasteiger partial charge in [0.2, 0.25) is 5.91 Å². The molecule has 0 atom stereocenters. The summed E-state index contributed by atoms with van der Waals surface area (Å²) in [5, 5.41) is 4.00. The number of benzene rings is 1. The smallest absolute Gasteiger partial charge is 0.240 e. The summed E-state index contributed by atoms with van der Waals surface area (Å²) in [6, 6.07) is 6.02. The standard InChI is InChI=1S/C14H19FN2O/c1-3-4-5-6-14(18)17-16-11(2)12-7-9-13(15)10-8-12/h7-10H,3-6H2,1-2H3,(H,17,18)/b16-11+. The van der Waals surface area contributed by atoms with E-state index in [0.717, 1.165) is 24.8 Å². The van der Waals surface area contributed by atoms with Crippen molar-refractivity contribution in [3.05, 3.63) is 35.6 Å². The molecule has 0 radical (unpaired) electrons. The zero-order valence-electron chi connectivity index (χ0n) is 10.9. The van der Waals surface area contributed by atoms with E-state index in [1.807, 2.05) is 0 Å². The number of halogens is 1. The summed E-state index contributed by atoms with van der Waals surface area (Å²) in [5.41, 5.74) is 3.97. The molecule has 0 fully saturated rings. The van der Waals surface area contributed by atoms with E-state index in [2.05, 4.69) is 17.5 Å². The molecular formula is C14H19FN2O. The van der Waals surface area contributed by atoms with E-state index in [-0.39, 0.29) is 11.7 Å². The Bertz CT molecular complexity index is 412. The number of unbranched alkanes of at least 4 members (excludes halogenated alkanes) is 2. The fourth-order valence-electron chi connectivity index (χ4n) is 1.49. The topological polar surface area (TPSA) is 41.5 Å². The number of nitrogens with zero attached hydrogens (tertiary/aromatic N) is 1. The van der Waals surface area contributed by atoms with Gasteiger partial charge in [0.05, 0.1) is 5.71 Å². The quantitative estimate of drug-likeness (QED) is 0.470. The summed E-state index contributed by atoms with van der Waals surface area (Å²) in [7, 11) is 0. The molecule has 0 heterocycles. The summed E-state index contributed by atoms with van der Waals surface area (Å²) in [6.07, 6.45) is 3.51. The zero-order valence-corrected chi connectivity index (χ0v) is 10.9. The summed E-state index contributed by atoms with van der Waals surface area (Å²) < 4.78 is 12.7. The highest BCUT2D eigenvalue weighted by Gasteiger charge is 2.01. The number of carbonyl (C=O) groups is 1. The number of hydrogen-bond donors (Lipinski definition) is 1. The van der Waals surface area contributed by atoms with Gasteiger partial charge in [-0.3, -0.25) is 4.79 Å². The number of nitrogens with one attached hydrogen (secondary N) is 1. The number of amides is 1. The van der Waals surface area contributed by atoms with Crippen LogP contribution in [0.5, 0.6) is 0 Å². The molecule has 1 amide bonds. The van der Waals surface area contributed by atoms with E-state index in [1.165, 1.54) is 12.1 Å². The summed E-state index contributed by atoms with van der Waals surface area (Å²) in [4.78, 5) is 11.4. The van der Waals surface area contributed by atoms with Crippen LogP contribution in [0.25, 0.3) is 0 Å². The van der Waals surface area contributed by atoms with Gasteiger partial charge in [-0.15, -0.1) is 0 Å². The number of carbonyl (C=O) groups excluding carboxylic acids is 1. The van der Waals surface area contributed by atoms with E-state index in [0.29, 0.717) is 12.1 Å². The second-order valence-corrected chi connectivity index (χ2v) is 4.20. The molecule has 0 aliphatic rings. The molecule has 0 spiro atoms. The van der Waals surface area contributed by atoms with Crippen LogP contribution in [0.15, 0.2) is 29.4 Å². The minimum atomic E-state index is -0.282. The third-order valence-corrected chi connectivity index (χ3v) is 2.62. The average Bonchev–Trinajstić information content (AvgIpc) is 2.37. The van der Waals surface area contributed by atoms with Crippen molar-refractivity contribution < 1.29 is 9.18 Å². The van der Waals surface area contributed by atoms with Crippen LogP contribution in [0, 0.1) is 5.82 Å². The number of hydrazone groups is 1. The highest BCUT2D eigenvalue weighted by Crippen LogP contribution is 2.04. The van der Waals surface area contributed by atoms with Crippen molar-refractivity contribution in [3.8, 4) is 0 Å². The van der Waals surface area contributed by atoms with Crippen LogP contribution in [0.1, 0.15) is 45.1 Å². The van der Waals surface area contributed by atoms with Crippen molar-refractivity contribution in [2.45, 2.75) is 39.5 Å². The molecular weight excluding hydrogens is 231 g/mol. The third kappa shape index (κ3) is 5.08. The van der Waals surface area contributed by atoms with Crippen molar-refractivity contribution in [2.24, 2.45) is 5.10 Å². The Balaban J connectivity index is 2.46. The molecule has 1 aromatic carbocycles. The maximum absolute atomic E-state index is 12.7. The van der Waals surface area contributed by atoms with Crippen LogP contribution >= 0.6 is 0 Å². The summed E-state index contributed by atoms with van der Waals surface area (Å²) in [5.74, 6) is -0.361. The van der Waals surface area contributed by atoms with Crippen molar-refractivity contribution >= 4 is 11.6 Å². The first-order valence-electron chi connectivity index (χ1n) is 6.22. The Morgan fingerprint density at radius 1 is 1.28 bits per heavy atom. The van der Waals surface area contributed by atoms with Gasteiger partial charge in [-0.1, -0.05) is 31.9 Å². The molecule has 18 heavy (non-hydrogen) atoms. The third-order valence-electron chi connectivity index (χ3n) is 2.62.